The fourth-order valence-corrected chi connectivity index (χ4v) is 2.27. The number of carbonyl (C=O) groups is 1. The van der Waals surface area contributed by atoms with E-state index in [4.69, 9.17) is 9.84 Å². The summed E-state index contributed by atoms with van der Waals surface area (Å²) in [5.74, 6) is -1.46. The van der Waals surface area contributed by atoms with Crippen LogP contribution in [0, 0.1) is 15.9 Å². The second-order valence-electron chi connectivity index (χ2n) is 4.88. The molecule has 1 amide bonds. The van der Waals surface area contributed by atoms with E-state index in [9.17, 15) is 19.3 Å². The van der Waals surface area contributed by atoms with Crippen molar-refractivity contribution in [3.8, 4) is 0 Å². The molecule has 1 aliphatic rings. The van der Waals surface area contributed by atoms with Crippen LogP contribution in [0.2, 0.25) is 0 Å². The topological polar surface area (TPSA) is 92.9 Å². The van der Waals surface area contributed by atoms with E-state index in [2.05, 4.69) is 0 Å². The molecule has 1 N–H and O–H groups in total. The second kappa shape index (κ2) is 6.15. The maximum Gasteiger partial charge on any atom is 0.270 e. The number of ether oxygens (including phenoxy) is 1. The predicted molar refractivity (Wildman–Crippen MR) is 70.4 cm³/mol. The minimum absolute atomic E-state index is 0.113. The number of nitro groups is 1. The lowest BCUT2D eigenvalue weighted by molar-refractivity contribution is -0.384. The van der Waals surface area contributed by atoms with Crippen LogP contribution in [0.15, 0.2) is 18.2 Å². The van der Waals surface area contributed by atoms with Crippen LogP contribution >= 0.6 is 0 Å². The number of benzene rings is 1. The van der Waals surface area contributed by atoms with Gasteiger partial charge in [-0.15, -0.1) is 0 Å². The van der Waals surface area contributed by atoms with E-state index in [1.807, 2.05) is 0 Å². The number of rotatable bonds is 3. The van der Waals surface area contributed by atoms with Crippen molar-refractivity contribution in [1.82, 2.24) is 4.90 Å². The number of aliphatic hydroxyl groups excluding tert-OH is 1. The molecule has 2 rings (SSSR count). The Balaban J connectivity index is 2.26. The van der Waals surface area contributed by atoms with Crippen molar-refractivity contribution in [3.05, 3.63) is 39.7 Å². The van der Waals surface area contributed by atoms with Gasteiger partial charge in [0.15, 0.2) is 0 Å². The molecule has 2 unspecified atom stereocenters. The van der Waals surface area contributed by atoms with Gasteiger partial charge >= 0.3 is 0 Å². The number of hydrogen-bond donors (Lipinski definition) is 1. The first-order valence-corrected chi connectivity index (χ1v) is 6.42. The molecule has 0 radical (unpaired) electrons. The van der Waals surface area contributed by atoms with Crippen LogP contribution in [0.5, 0.6) is 0 Å². The monoisotopic (exact) mass is 298 g/mol. The quantitative estimate of drug-likeness (QED) is 0.662. The zero-order valence-electron chi connectivity index (χ0n) is 11.4. The van der Waals surface area contributed by atoms with E-state index in [0.717, 1.165) is 18.2 Å². The van der Waals surface area contributed by atoms with Gasteiger partial charge in [-0.05, 0) is 13.0 Å². The largest absolute Gasteiger partial charge is 0.394 e. The molecule has 2 atom stereocenters. The van der Waals surface area contributed by atoms with Crippen LogP contribution in [0.3, 0.4) is 0 Å². The smallest absolute Gasteiger partial charge is 0.270 e. The molecule has 0 saturated carbocycles. The van der Waals surface area contributed by atoms with Crippen molar-refractivity contribution in [2.45, 2.75) is 19.1 Å². The SMILES string of the molecule is CC1CN(C(=O)c2cc([N+](=O)[O-])ccc2F)CC(CO)O1. The summed E-state index contributed by atoms with van der Waals surface area (Å²) >= 11 is 0. The Bertz CT molecular complexity index is 565. The molecule has 1 aromatic rings. The molecule has 1 heterocycles. The molecule has 0 spiro atoms. The van der Waals surface area contributed by atoms with Gasteiger partial charge in [0.05, 0.1) is 29.3 Å². The lowest BCUT2D eigenvalue weighted by Gasteiger charge is -2.36. The molecule has 0 aliphatic carbocycles. The van der Waals surface area contributed by atoms with Crippen molar-refractivity contribution in [2.24, 2.45) is 0 Å². The summed E-state index contributed by atoms with van der Waals surface area (Å²) in [5, 5.41) is 19.8. The van der Waals surface area contributed by atoms with Crippen molar-refractivity contribution < 1.29 is 24.0 Å². The Hall–Kier alpha value is -2.06. The third-order valence-corrected chi connectivity index (χ3v) is 3.21. The summed E-state index contributed by atoms with van der Waals surface area (Å²) in [6.07, 6.45) is -0.846. The van der Waals surface area contributed by atoms with Gasteiger partial charge in [-0.2, -0.15) is 0 Å². The molecule has 0 aromatic heterocycles. The Morgan fingerprint density at radius 2 is 2.29 bits per heavy atom. The van der Waals surface area contributed by atoms with E-state index in [1.54, 1.807) is 6.92 Å². The van der Waals surface area contributed by atoms with Crippen LogP contribution in [0.4, 0.5) is 10.1 Å². The Morgan fingerprint density at radius 3 is 2.90 bits per heavy atom. The van der Waals surface area contributed by atoms with Gasteiger partial charge in [-0.3, -0.25) is 14.9 Å². The number of hydrogen-bond acceptors (Lipinski definition) is 5. The summed E-state index contributed by atoms with van der Waals surface area (Å²) < 4.78 is 19.2. The van der Waals surface area contributed by atoms with Crippen LogP contribution in [-0.2, 0) is 4.74 Å². The number of amides is 1. The van der Waals surface area contributed by atoms with Gasteiger partial charge in [0.25, 0.3) is 11.6 Å². The summed E-state index contributed by atoms with van der Waals surface area (Å²) in [6.45, 7) is 1.82. The highest BCUT2D eigenvalue weighted by Gasteiger charge is 2.30. The van der Waals surface area contributed by atoms with E-state index in [0.29, 0.717) is 0 Å². The van der Waals surface area contributed by atoms with Gasteiger partial charge in [0.1, 0.15) is 5.82 Å². The lowest BCUT2D eigenvalue weighted by atomic mass is 10.1. The van der Waals surface area contributed by atoms with Crippen molar-refractivity contribution in [3.63, 3.8) is 0 Å². The molecule has 114 valence electrons. The minimum Gasteiger partial charge on any atom is -0.394 e. The Labute approximate surface area is 120 Å². The molecule has 21 heavy (non-hydrogen) atoms. The molecule has 1 fully saturated rings. The summed E-state index contributed by atoms with van der Waals surface area (Å²) in [6, 6.07) is 2.83. The van der Waals surface area contributed by atoms with Crippen molar-refractivity contribution in [1.29, 1.82) is 0 Å². The first-order valence-electron chi connectivity index (χ1n) is 6.42. The average Bonchev–Trinajstić information content (AvgIpc) is 2.46. The highest BCUT2D eigenvalue weighted by Crippen LogP contribution is 2.20. The average molecular weight is 298 g/mol. The van der Waals surface area contributed by atoms with Crippen LogP contribution < -0.4 is 0 Å². The number of halogens is 1. The van der Waals surface area contributed by atoms with Crippen LogP contribution in [0.25, 0.3) is 0 Å². The number of aliphatic hydroxyl groups is 1. The predicted octanol–water partition coefficient (Wildman–Crippen LogP) is 0.956. The lowest BCUT2D eigenvalue weighted by Crippen LogP contribution is -2.50. The molecule has 1 aliphatic heterocycles. The van der Waals surface area contributed by atoms with E-state index in [1.165, 1.54) is 4.90 Å². The van der Waals surface area contributed by atoms with Gasteiger partial charge in [0, 0.05) is 25.2 Å². The summed E-state index contributed by atoms with van der Waals surface area (Å²) in [7, 11) is 0. The van der Waals surface area contributed by atoms with Crippen LogP contribution in [-0.4, -0.2) is 52.7 Å². The maximum absolute atomic E-state index is 13.8. The van der Waals surface area contributed by atoms with Crippen LogP contribution in [0.1, 0.15) is 17.3 Å². The Kier molecular flexibility index (Phi) is 4.49. The number of carbonyl (C=O) groups excluding carboxylic acids is 1. The highest BCUT2D eigenvalue weighted by atomic mass is 19.1. The molecule has 8 heteroatoms. The minimum atomic E-state index is -0.815. The number of nitrogens with zero attached hydrogens (tertiary/aromatic N) is 2. The van der Waals surface area contributed by atoms with Gasteiger partial charge in [-0.1, -0.05) is 0 Å². The zero-order valence-corrected chi connectivity index (χ0v) is 11.4. The Morgan fingerprint density at radius 1 is 1.57 bits per heavy atom. The molecule has 0 bridgehead atoms. The van der Waals surface area contributed by atoms with E-state index >= 15 is 0 Å². The normalized spacial score (nSPS) is 22.1. The van der Waals surface area contributed by atoms with Gasteiger partial charge in [0.2, 0.25) is 0 Å². The van der Waals surface area contributed by atoms with Gasteiger partial charge < -0.3 is 14.7 Å². The summed E-state index contributed by atoms with van der Waals surface area (Å²) in [4.78, 5) is 23.7. The molecule has 7 nitrogen and oxygen atoms in total. The molecular weight excluding hydrogens is 283 g/mol. The fourth-order valence-electron chi connectivity index (χ4n) is 2.27. The molecule has 1 aromatic carbocycles. The molecular formula is C13H15FN2O5. The first-order chi connectivity index (χ1) is 9.92. The maximum atomic E-state index is 13.8. The zero-order chi connectivity index (χ0) is 15.6. The van der Waals surface area contributed by atoms with Crippen molar-refractivity contribution in [2.75, 3.05) is 19.7 Å². The standard InChI is InChI=1S/C13H15FN2O5/c1-8-5-15(6-10(7-17)21-8)13(18)11-4-9(16(19)20)2-3-12(11)14/h2-4,8,10,17H,5-7H2,1H3. The van der Waals surface area contributed by atoms with Gasteiger partial charge in [-0.25, -0.2) is 4.39 Å². The second-order valence-corrected chi connectivity index (χ2v) is 4.88. The first kappa shape index (κ1) is 15.3. The third-order valence-electron chi connectivity index (χ3n) is 3.21. The number of nitro benzene ring substituents is 1. The number of morpholine rings is 1. The highest BCUT2D eigenvalue weighted by molar-refractivity contribution is 5.95. The fraction of sp³-hybridized carbons (Fsp3) is 0.462. The van der Waals surface area contributed by atoms with E-state index in [-0.39, 0.29) is 37.1 Å². The number of non-ortho nitro benzene ring substituents is 1. The van der Waals surface area contributed by atoms with Crippen molar-refractivity contribution >= 4 is 11.6 Å². The third kappa shape index (κ3) is 3.34. The molecule has 1 saturated heterocycles. The van der Waals surface area contributed by atoms with E-state index < -0.39 is 22.8 Å². The summed E-state index contributed by atoms with van der Waals surface area (Å²) in [5.41, 5.74) is -0.699.